The van der Waals surface area contributed by atoms with Crippen LogP contribution in [0.4, 0.5) is 0 Å². The molecule has 0 aliphatic rings. The van der Waals surface area contributed by atoms with Crippen molar-refractivity contribution in [2.45, 2.75) is 5.75 Å². The lowest BCUT2D eigenvalue weighted by Crippen LogP contribution is -2.16. The molecule has 9 heteroatoms. The third-order valence-corrected chi connectivity index (χ3v) is 6.39. The van der Waals surface area contributed by atoms with Gasteiger partial charge in [-0.25, -0.2) is 25.8 Å². The van der Waals surface area contributed by atoms with Gasteiger partial charge >= 0.3 is 0 Å². The van der Waals surface area contributed by atoms with Crippen molar-refractivity contribution in [1.29, 1.82) is 0 Å². The van der Waals surface area contributed by atoms with Gasteiger partial charge in [0, 0.05) is 9.88 Å². The number of hydrogen-bond donors (Lipinski definition) is 0. The van der Waals surface area contributed by atoms with Crippen molar-refractivity contribution in [3.63, 3.8) is 0 Å². The van der Waals surface area contributed by atoms with Crippen LogP contribution in [0.2, 0.25) is 0 Å². The van der Waals surface area contributed by atoms with Crippen LogP contribution in [0.3, 0.4) is 0 Å². The van der Waals surface area contributed by atoms with Crippen molar-refractivity contribution in [2.75, 3.05) is 6.26 Å². The molecule has 0 bridgehead atoms. The Morgan fingerprint density at radius 1 is 1.04 bits per heavy atom. The third kappa shape index (κ3) is 4.22. The summed E-state index contributed by atoms with van der Waals surface area (Å²) in [5.41, 5.74) is 1.51. The van der Waals surface area contributed by atoms with Gasteiger partial charge in [0.1, 0.15) is 11.6 Å². The van der Waals surface area contributed by atoms with E-state index in [0.717, 1.165) is 20.1 Å². The minimum Gasteiger partial charge on any atom is -0.231 e. The SMILES string of the molecule is CS(=O)(=O)n1c(CS(=O)(=O)/C=C/c2ccc(Br)cc2)nc2ccccc21. The van der Waals surface area contributed by atoms with Crippen LogP contribution in [0.15, 0.2) is 58.4 Å². The fourth-order valence-electron chi connectivity index (χ4n) is 2.50. The summed E-state index contributed by atoms with van der Waals surface area (Å²) in [6, 6.07) is 13.8. The van der Waals surface area contributed by atoms with Crippen LogP contribution in [-0.2, 0) is 25.6 Å². The van der Waals surface area contributed by atoms with Gasteiger partial charge < -0.3 is 0 Å². The highest BCUT2D eigenvalue weighted by molar-refractivity contribution is 9.10. The maximum absolute atomic E-state index is 12.5. The number of aromatic nitrogens is 2. The molecule has 1 heterocycles. The topological polar surface area (TPSA) is 86.1 Å². The summed E-state index contributed by atoms with van der Waals surface area (Å²) >= 11 is 3.31. The predicted octanol–water partition coefficient (Wildman–Crippen LogP) is 3.19. The number of nitrogens with zero attached hydrogens (tertiary/aromatic N) is 2. The zero-order chi connectivity index (χ0) is 18.9. The van der Waals surface area contributed by atoms with Gasteiger partial charge in [0.05, 0.1) is 17.3 Å². The van der Waals surface area contributed by atoms with E-state index in [9.17, 15) is 16.8 Å². The quantitative estimate of drug-likeness (QED) is 0.590. The summed E-state index contributed by atoms with van der Waals surface area (Å²) < 4.78 is 51.0. The Balaban J connectivity index is 1.98. The van der Waals surface area contributed by atoms with Crippen LogP contribution in [0.1, 0.15) is 11.4 Å². The second kappa shape index (κ2) is 6.98. The van der Waals surface area contributed by atoms with Gasteiger partial charge in [-0.2, -0.15) is 0 Å². The smallest absolute Gasteiger partial charge is 0.231 e. The van der Waals surface area contributed by atoms with Crippen molar-refractivity contribution in [1.82, 2.24) is 8.96 Å². The summed E-state index contributed by atoms with van der Waals surface area (Å²) in [6.07, 6.45) is 2.49. The number of sulfone groups is 1. The van der Waals surface area contributed by atoms with Crippen LogP contribution >= 0.6 is 15.9 Å². The molecule has 0 radical (unpaired) electrons. The van der Waals surface area contributed by atoms with Gasteiger partial charge in [-0.3, -0.25) is 0 Å². The van der Waals surface area contributed by atoms with Gasteiger partial charge in [-0.1, -0.05) is 40.2 Å². The van der Waals surface area contributed by atoms with Crippen LogP contribution in [0, 0.1) is 0 Å². The Morgan fingerprint density at radius 2 is 1.69 bits per heavy atom. The zero-order valence-electron chi connectivity index (χ0n) is 13.7. The Labute approximate surface area is 160 Å². The molecule has 136 valence electrons. The molecule has 3 rings (SSSR count). The molecule has 1 aromatic heterocycles. The van der Waals surface area contributed by atoms with Gasteiger partial charge in [0.2, 0.25) is 10.0 Å². The molecule has 26 heavy (non-hydrogen) atoms. The van der Waals surface area contributed by atoms with Gasteiger partial charge in [-0.15, -0.1) is 0 Å². The molecule has 0 spiro atoms. The van der Waals surface area contributed by atoms with E-state index in [-0.39, 0.29) is 5.82 Å². The molecule has 0 atom stereocenters. The third-order valence-electron chi connectivity index (χ3n) is 3.58. The monoisotopic (exact) mass is 454 g/mol. The fraction of sp³-hybridized carbons (Fsp3) is 0.118. The summed E-state index contributed by atoms with van der Waals surface area (Å²) in [7, 11) is -7.41. The lowest BCUT2D eigenvalue weighted by atomic mass is 10.2. The minimum atomic E-state index is -3.71. The molecule has 0 amide bonds. The van der Waals surface area contributed by atoms with Crippen molar-refractivity contribution in [3.05, 3.63) is 69.8 Å². The van der Waals surface area contributed by atoms with E-state index in [0.29, 0.717) is 16.6 Å². The van der Waals surface area contributed by atoms with Crippen LogP contribution in [-0.4, -0.2) is 32.0 Å². The molecular weight excluding hydrogens is 440 g/mol. The number of hydrogen-bond acceptors (Lipinski definition) is 5. The van der Waals surface area contributed by atoms with E-state index >= 15 is 0 Å². The van der Waals surface area contributed by atoms with Crippen molar-refractivity contribution in [3.8, 4) is 0 Å². The number of halogens is 1. The average molecular weight is 455 g/mol. The Kier molecular flexibility index (Phi) is 5.05. The summed E-state index contributed by atoms with van der Waals surface area (Å²) in [6.45, 7) is 0. The van der Waals surface area contributed by atoms with Crippen LogP contribution < -0.4 is 0 Å². The molecule has 3 aromatic rings. The number of fused-ring (bicyclic) bond motifs is 1. The molecule has 6 nitrogen and oxygen atoms in total. The Hall–Kier alpha value is -1.97. The summed E-state index contributed by atoms with van der Waals surface area (Å²) in [5.74, 6) is -0.545. The van der Waals surface area contributed by atoms with E-state index in [1.165, 1.54) is 6.08 Å². The standard InChI is InChI=1S/C17H15BrN2O4S2/c1-25(21,22)20-16-5-3-2-4-15(16)19-17(20)12-26(23,24)11-10-13-6-8-14(18)9-7-13/h2-11H,12H2,1H3/b11-10+. The van der Waals surface area contributed by atoms with Crippen LogP contribution in [0.25, 0.3) is 17.1 Å². The first-order valence-corrected chi connectivity index (χ1v) is 11.8. The average Bonchev–Trinajstić information content (AvgIpc) is 2.91. The summed E-state index contributed by atoms with van der Waals surface area (Å²) in [5, 5.41) is 1.07. The first-order chi connectivity index (χ1) is 12.2. The molecular formula is C17H15BrN2O4S2. The Bertz CT molecular complexity index is 1200. The predicted molar refractivity (Wildman–Crippen MR) is 106 cm³/mol. The highest BCUT2D eigenvalue weighted by Gasteiger charge is 2.21. The van der Waals surface area contributed by atoms with Gasteiger partial charge in [-0.05, 0) is 35.9 Å². The zero-order valence-corrected chi connectivity index (χ0v) is 16.9. The Morgan fingerprint density at radius 3 is 2.35 bits per heavy atom. The van der Waals surface area contributed by atoms with Crippen LogP contribution in [0.5, 0.6) is 0 Å². The number of benzene rings is 2. The largest absolute Gasteiger partial charge is 0.237 e. The molecule has 0 aliphatic carbocycles. The molecule has 2 aromatic carbocycles. The second-order valence-corrected chi connectivity index (χ2v) is 10.3. The summed E-state index contributed by atoms with van der Waals surface area (Å²) in [4.78, 5) is 4.20. The maximum Gasteiger partial charge on any atom is 0.237 e. The fourth-order valence-corrected chi connectivity index (χ4v) is 4.86. The van der Waals surface area contributed by atoms with Gasteiger partial charge in [0.25, 0.3) is 0 Å². The molecule has 0 aliphatic heterocycles. The van der Waals surface area contributed by atoms with E-state index < -0.39 is 25.6 Å². The van der Waals surface area contributed by atoms with E-state index in [1.54, 1.807) is 48.5 Å². The molecule has 0 unspecified atom stereocenters. The highest BCUT2D eigenvalue weighted by Crippen LogP contribution is 2.20. The van der Waals surface area contributed by atoms with Crippen molar-refractivity contribution in [2.24, 2.45) is 0 Å². The minimum absolute atomic E-state index is 0.0332. The second-order valence-electron chi connectivity index (χ2n) is 5.71. The number of imidazole rings is 1. The van der Waals surface area contributed by atoms with Gasteiger partial charge in [0.15, 0.2) is 9.84 Å². The normalized spacial score (nSPS) is 12.8. The molecule has 0 saturated carbocycles. The maximum atomic E-state index is 12.5. The van der Waals surface area contributed by atoms with E-state index in [4.69, 9.17) is 0 Å². The lowest BCUT2D eigenvalue weighted by Gasteiger charge is -2.05. The first-order valence-electron chi connectivity index (χ1n) is 7.49. The highest BCUT2D eigenvalue weighted by atomic mass is 79.9. The first kappa shape index (κ1) is 18.8. The van der Waals surface area contributed by atoms with E-state index in [1.807, 2.05) is 0 Å². The van der Waals surface area contributed by atoms with E-state index in [2.05, 4.69) is 20.9 Å². The lowest BCUT2D eigenvalue weighted by molar-refractivity contribution is 0.592. The number of para-hydroxylation sites is 2. The van der Waals surface area contributed by atoms with Crippen molar-refractivity contribution < 1.29 is 16.8 Å². The van der Waals surface area contributed by atoms with Crippen molar-refractivity contribution >= 4 is 52.9 Å². The number of rotatable bonds is 5. The molecule has 0 saturated heterocycles. The molecule has 0 fully saturated rings. The molecule has 0 N–H and O–H groups in total.